The van der Waals surface area contributed by atoms with Crippen LogP contribution in [0.25, 0.3) is 10.9 Å². The number of nitrogen functional groups attached to an aromatic ring is 1. The first-order chi connectivity index (χ1) is 8.84. The van der Waals surface area contributed by atoms with Crippen molar-refractivity contribution in [2.45, 2.75) is 38.1 Å². The lowest BCUT2D eigenvalue weighted by molar-refractivity contribution is 0.463. The molecule has 18 heavy (non-hydrogen) atoms. The average Bonchev–Trinajstić information content (AvgIpc) is 2.43. The highest BCUT2D eigenvalue weighted by Crippen LogP contribution is 2.29. The molecule has 1 aromatic heterocycles. The van der Waals surface area contributed by atoms with Gasteiger partial charge in [0.2, 0.25) is 0 Å². The van der Waals surface area contributed by atoms with Gasteiger partial charge in [0, 0.05) is 17.6 Å². The van der Waals surface area contributed by atoms with Crippen molar-refractivity contribution in [3.05, 3.63) is 30.5 Å². The average molecular weight is 241 g/mol. The van der Waals surface area contributed by atoms with Gasteiger partial charge in [-0.3, -0.25) is 4.98 Å². The molecule has 0 radical (unpaired) electrons. The highest BCUT2D eigenvalue weighted by Gasteiger charge is 2.14. The lowest BCUT2D eigenvalue weighted by Gasteiger charge is -2.24. The molecule has 1 aliphatic rings. The molecule has 1 aliphatic carbocycles. The number of nitrogens with one attached hydrogen (secondary N) is 1. The minimum atomic E-state index is 0.571. The van der Waals surface area contributed by atoms with Crippen LogP contribution in [-0.2, 0) is 0 Å². The van der Waals surface area contributed by atoms with Crippen molar-refractivity contribution >= 4 is 22.3 Å². The van der Waals surface area contributed by atoms with E-state index in [4.69, 9.17) is 5.73 Å². The summed E-state index contributed by atoms with van der Waals surface area (Å²) in [6.07, 6.45) is 8.31. The predicted molar refractivity (Wildman–Crippen MR) is 76.7 cm³/mol. The Morgan fingerprint density at radius 3 is 2.78 bits per heavy atom. The zero-order valence-corrected chi connectivity index (χ0v) is 10.5. The fourth-order valence-corrected chi connectivity index (χ4v) is 2.76. The van der Waals surface area contributed by atoms with Crippen molar-refractivity contribution in [1.82, 2.24) is 4.98 Å². The first-order valence-corrected chi connectivity index (χ1v) is 6.74. The van der Waals surface area contributed by atoms with Gasteiger partial charge in [-0.25, -0.2) is 0 Å². The summed E-state index contributed by atoms with van der Waals surface area (Å²) in [5.74, 6) is 0. The van der Waals surface area contributed by atoms with Crippen molar-refractivity contribution in [3.63, 3.8) is 0 Å². The highest BCUT2D eigenvalue weighted by molar-refractivity contribution is 5.95. The molecule has 3 N–H and O–H groups in total. The molecule has 0 amide bonds. The van der Waals surface area contributed by atoms with Crippen LogP contribution in [0.4, 0.5) is 11.4 Å². The monoisotopic (exact) mass is 241 g/mol. The summed E-state index contributed by atoms with van der Waals surface area (Å²) in [7, 11) is 0. The molecular formula is C15H19N3. The van der Waals surface area contributed by atoms with Gasteiger partial charge >= 0.3 is 0 Å². The zero-order chi connectivity index (χ0) is 12.4. The van der Waals surface area contributed by atoms with Crippen LogP contribution in [0.3, 0.4) is 0 Å². The largest absolute Gasteiger partial charge is 0.395 e. The summed E-state index contributed by atoms with van der Waals surface area (Å²) in [5, 5.41) is 4.68. The number of aromatic nitrogens is 1. The number of nitrogens with two attached hydrogens (primary N) is 1. The van der Waals surface area contributed by atoms with E-state index < -0.39 is 0 Å². The maximum absolute atomic E-state index is 6.21. The van der Waals surface area contributed by atoms with E-state index in [0.29, 0.717) is 6.04 Å². The van der Waals surface area contributed by atoms with Gasteiger partial charge in [0.05, 0.1) is 16.9 Å². The van der Waals surface area contributed by atoms with Gasteiger partial charge < -0.3 is 11.1 Å². The third kappa shape index (κ3) is 2.13. The summed E-state index contributed by atoms with van der Waals surface area (Å²) in [6, 6.07) is 8.72. The van der Waals surface area contributed by atoms with Crippen molar-refractivity contribution in [3.8, 4) is 0 Å². The minimum Gasteiger partial charge on any atom is -0.395 e. The third-order valence-electron chi connectivity index (χ3n) is 3.78. The lowest BCUT2D eigenvalue weighted by Crippen LogP contribution is -2.22. The van der Waals surface area contributed by atoms with Crippen LogP contribution in [0.5, 0.6) is 0 Å². The van der Waals surface area contributed by atoms with E-state index in [-0.39, 0.29) is 0 Å². The number of benzene rings is 1. The molecule has 0 bridgehead atoms. The second-order valence-corrected chi connectivity index (χ2v) is 5.08. The number of anilines is 2. The SMILES string of the molecule is Nc1c(NC2CCCCC2)ccc2cccnc12. The van der Waals surface area contributed by atoms with E-state index in [1.54, 1.807) is 6.20 Å². The van der Waals surface area contributed by atoms with E-state index in [0.717, 1.165) is 22.3 Å². The van der Waals surface area contributed by atoms with Crippen LogP contribution in [-0.4, -0.2) is 11.0 Å². The fourth-order valence-electron chi connectivity index (χ4n) is 2.76. The van der Waals surface area contributed by atoms with Crippen LogP contribution >= 0.6 is 0 Å². The molecule has 1 fully saturated rings. The minimum absolute atomic E-state index is 0.571. The van der Waals surface area contributed by atoms with E-state index in [2.05, 4.69) is 22.4 Å². The van der Waals surface area contributed by atoms with Crippen LogP contribution in [0.1, 0.15) is 32.1 Å². The molecule has 1 saturated carbocycles. The Kier molecular flexibility index (Phi) is 3.05. The number of hydrogen-bond donors (Lipinski definition) is 2. The quantitative estimate of drug-likeness (QED) is 0.790. The standard InChI is InChI=1S/C15H19N3/c16-14-13(18-12-6-2-1-3-7-12)9-8-11-5-4-10-17-15(11)14/h4-5,8-10,12,18H,1-3,6-7,16H2. The Labute approximate surface area is 107 Å². The molecule has 1 aromatic carbocycles. The molecule has 0 atom stereocenters. The molecule has 0 unspecified atom stereocenters. The van der Waals surface area contributed by atoms with E-state index in [9.17, 15) is 0 Å². The van der Waals surface area contributed by atoms with Gasteiger partial charge in [-0.15, -0.1) is 0 Å². The van der Waals surface area contributed by atoms with Gasteiger partial charge in [-0.1, -0.05) is 31.4 Å². The molecule has 2 aromatic rings. The maximum Gasteiger partial charge on any atom is 0.0952 e. The van der Waals surface area contributed by atoms with Gasteiger partial charge in [0.15, 0.2) is 0 Å². The van der Waals surface area contributed by atoms with E-state index in [1.165, 1.54) is 32.1 Å². The van der Waals surface area contributed by atoms with Gasteiger partial charge in [0.1, 0.15) is 0 Å². The first-order valence-electron chi connectivity index (χ1n) is 6.74. The second kappa shape index (κ2) is 4.84. The molecule has 0 spiro atoms. The van der Waals surface area contributed by atoms with Crippen molar-refractivity contribution in [2.24, 2.45) is 0 Å². The Hall–Kier alpha value is -1.77. The molecule has 94 valence electrons. The summed E-state index contributed by atoms with van der Waals surface area (Å²) in [5.41, 5.74) is 8.92. The van der Waals surface area contributed by atoms with E-state index in [1.807, 2.05) is 12.1 Å². The van der Waals surface area contributed by atoms with Crippen LogP contribution in [0, 0.1) is 0 Å². The summed E-state index contributed by atoms with van der Waals surface area (Å²) >= 11 is 0. The predicted octanol–water partition coefficient (Wildman–Crippen LogP) is 3.56. The van der Waals surface area contributed by atoms with Crippen molar-refractivity contribution < 1.29 is 0 Å². The highest BCUT2D eigenvalue weighted by atomic mass is 14.9. The summed E-state index contributed by atoms with van der Waals surface area (Å²) in [4.78, 5) is 4.37. The molecular weight excluding hydrogens is 222 g/mol. The number of nitrogens with zero attached hydrogens (tertiary/aromatic N) is 1. The second-order valence-electron chi connectivity index (χ2n) is 5.08. The number of fused-ring (bicyclic) bond motifs is 1. The van der Waals surface area contributed by atoms with Crippen molar-refractivity contribution in [2.75, 3.05) is 11.1 Å². The number of pyridine rings is 1. The smallest absolute Gasteiger partial charge is 0.0952 e. The number of rotatable bonds is 2. The maximum atomic E-state index is 6.21. The van der Waals surface area contributed by atoms with E-state index >= 15 is 0 Å². The lowest BCUT2D eigenvalue weighted by atomic mass is 9.95. The summed E-state index contributed by atoms with van der Waals surface area (Å²) in [6.45, 7) is 0. The molecule has 3 nitrogen and oxygen atoms in total. The molecule has 3 heteroatoms. The molecule has 3 rings (SSSR count). The topological polar surface area (TPSA) is 50.9 Å². The van der Waals surface area contributed by atoms with Crippen LogP contribution < -0.4 is 11.1 Å². The molecule has 0 saturated heterocycles. The fraction of sp³-hybridized carbons (Fsp3) is 0.400. The van der Waals surface area contributed by atoms with Crippen molar-refractivity contribution in [1.29, 1.82) is 0 Å². The van der Waals surface area contributed by atoms with Gasteiger partial charge in [-0.2, -0.15) is 0 Å². The Balaban J connectivity index is 1.89. The van der Waals surface area contributed by atoms with Crippen LogP contribution in [0.2, 0.25) is 0 Å². The first kappa shape index (κ1) is 11.3. The Morgan fingerprint density at radius 1 is 1.11 bits per heavy atom. The molecule has 1 heterocycles. The zero-order valence-electron chi connectivity index (χ0n) is 10.5. The molecule has 0 aliphatic heterocycles. The normalized spacial score (nSPS) is 16.9. The summed E-state index contributed by atoms with van der Waals surface area (Å²) < 4.78 is 0. The van der Waals surface area contributed by atoms with Gasteiger partial charge in [0.25, 0.3) is 0 Å². The van der Waals surface area contributed by atoms with Crippen LogP contribution in [0.15, 0.2) is 30.5 Å². The Morgan fingerprint density at radius 2 is 1.94 bits per heavy atom. The number of hydrogen-bond acceptors (Lipinski definition) is 3. The van der Waals surface area contributed by atoms with Gasteiger partial charge in [-0.05, 0) is 25.0 Å². The Bertz CT molecular complexity index is 544. The third-order valence-corrected chi connectivity index (χ3v) is 3.78.